The summed E-state index contributed by atoms with van der Waals surface area (Å²) in [5, 5.41) is 21.1. The topological polar surface area (TPSA) is 65.4 Å². The lowest BCUT2D eigenvalue weighted by atomic mass is 9.89. The monoisotopic (exact) mass is 466 g/mol. The van der Waals surface area contributed by atoms with Gasteiger partial charge in [0.05, 0.1) is 26.4 Å². The Kier molecular flexibility index (Phi) is 8.62. The average Bonchev–Trinajstić information content (AvgIpc) is 2.87. The van der Waals surface area contributed by atoms with Gasteiger partial charge in [0.1, 0.15) is 11.5 Å². The molecule has 0 spiro atoms. The molecule has 2 N–H and O–H groups in total. The van der Waals surface area contributed by atoms with Crippen LogP contribution in [0.1, 0.15) is 48.9 Å². The third kappa shape index (κ3) is 5.99. The van der Waals surface area contributed by atoms with Gasteiger partial charge in [-0.25, -0.2) is 0 Å². The van der Waals surface area contributed by atoms with Crippen molar-refractivity contribution in [2.24, 2.45) is 0 Å². The van der Waals surface area contributed by atoms with Gasteiger partial charge in [-0.05, 0) is 59.4 Å². The van der Waals surface area contributed by atoms with E-state index < -0.39 is 0 Å². The van der Waals surface area contributed by atoms with Crippen LogP contribution in [-0.2, 0) is 22.6 Å². The Morgan fingerprint density at radius 2 is 1.06 bits per heavy atom. The number of phenolic OH excluding ortho intramolecular Hbond substituents is 2. The molecule has 2 aliphatic rings. The molecule has 2 fully saturated rings. The van der Waals surface area contributed by atoms with Crippen LogP contribution in [0.15, 0.2) is 36.4 Å². The summed E-state index contributed by atoms with van der Waals surface area (Å²) in [6.07, 6.45) is 1.79. The molecule has 0 atom stereocenters. The van der Waals surface area contributed by atoms with Crippen molar-refractivity contribution in [3.63, 3.8) is 0 Å². The van der Waals surface area contributed by atoms with E-state index in [1.807, 2.05) is 24.3 Å². The molecule has 2 aliphatic heterocycles. The van der Waals surface area contributed by atoms with Crippen LogP contribution in [0.25, 0.3) is 11.1 Å². The van der Waals surface area contributed by atoms with Gasteiger partial charge in [0, 0.05) is 50.4 Å². The standard InChI is InChI=1S/C28H38N2O4/c1-3-25(21-5-7-27(31)23(17-21)19-29-9-13-33-14-10-29)26(4-2)22-6-8-28(32)24(18-22)20-30-11-15-34-16-12-30/h5-8,17-18,31-32H,3-4,9-16,19-20H2,1-2H3/b26-25-. The summed E-state index contributed by atoms with van der Waals surface area (Å²) in [5.41, 5.74) is 6.80. The van der Waals surface area contributed by atoms with Crippen molar-refractivity contribution in [3.05, 3.63) is 58.7 Å². The highest BCUT2D eigenvalue weighted by Crippen LogP contribution is 2.35. The van der Waals surface area contributed by atoms with E-state index in [1.165, 1.54) is 11.1 Å². The van der Waals surface area contributed by atoms with E-state index in [4.69, 9.17) is 9.47 Å². The van der Waals surface area contributed by atoms with E-state index in [2.05, 4.69) is 35.8 Å². The number of morpholine rings is 2. The summed E-state index contributed by atoms with van der Waals surface area (Å²) in [5.74, 6) is 0.697. The molecule has 0 radical (unpaired) electrons. The highest BCUT2D eigenvalue weighted by atomic mass is 16.5. The van der Waals surface area contributed by atoms with Crippen molar-refractivity contribution in [1.82, 2.24) is 9.80 Å². The van der Waals surface area contributed by atoms with Gasteiger partial charge in [-0.1, -0.05) is 26.0 Å². The number of allylic oxidation sites excluding steroid dienone is 2. The Balaban J connectivity index is 1.64. The first-order valence-electron chi connectivity index (χ1n) is 12.6. The van der Waals surface area contributed by atoms with Crippen LogP contribution < -0.4 is 0 Å². The van der Waals surface area contributed by atoms with E-state index in [0.717, 1.165) is 101 Å². The number of hydrogen-bond acceptors (Lipinski definition) is 6. The minimum Gasteiger partial charge on any atom is -0.508 e. The van der Waals surface area contributed by atoms with Crippen LogP contribution in [-0.4, -0.2) is 72.6 Å². The van der Waals surface area contributed by atoms with Gasteiger partial charge < -0.3 is 19.7 Å². The van der Waals surface area contributed by atoms with Crippen molar-refractivity contribution in [3.8, 4) is 11.5 Å². The second-order valence-corrected chi connectivity index (χ2v) is 9.13. The largest absolute Gasteiger partial charge is 0.508 e. The minimum atomic E-state index is 0.348. The van der Waals surface area contributed by atoms with Crippen molar-refractivity contribution >= 4 is 11.1 Å². The number of aromatic hydroxyl groups is 2. The fourth-order valence-electron chi connectivity index (χ4n) is 4.98. The summed E-state index contributed by atoms with van der Waals surface area (Å²) >= 11 is 0. The van der Waals surface area contributed by atoms with Crippen LogP contribution in [0.5, 0.6) is 11.5 Å². The zero-order valence-corrected chi connectivity index (χ0v) is 20.6. The van der Waals surface area contributed by atoms with Crippen molar-refractivity contribution < 1.29 is 19.7 Å². The third-order valence-corrected chi connectivity index (χ3v) is 6.92. The van der Waals surface area contributed by atoms with Crippen molar-refractivity contribution in [2.75, 3.05) is 52.6 Å². The normalized spacial score (nSPS) is 18.6. The van der Waals surface area contributed by atoms with Crippen LogP contribution in [0.4, 0.5) is 0 Å². The molecule has 0 aliphatic carbocycles. The molecule has 2 saturated heterocycles. The Morgan fingerprint density at radius 3 is 1.41 bits per heavy atom. The molecular weight excluding hydrogens is 428 g/mol. The van der Waals surface area contributed by atoms with Crippen LogP contribution in [0, 0.1) is 0 Å². The predicted molar refractivity (Wildman–Crippen MR) is 136 cm³/mol. The zero-order chi connectivity index (χ0) is 23.9. The van der Waals surface area contributed by atoms with Gasteiger partial charge in [0.15, 0.2) is 0 Å². The molecule has 0 bridgehead atoms. The number of hydrogen-bond donors (Lipinski definition) is 2. The first-order chi connectivity index (χ1) is 16.6. The second-order valence-electron chi connectivity index (χ2n) is 9.13. The molecule has 34 heavy (non-hydrogen) atoms. The van der Waals surface area contributed by atoms with Crippen molar-refractivity contribution in [1.29, 1.82) is 0 Å². The number of ether oxygens (including phenoxy) is 2. The lowest BCUT2D eigenvalue weighted by molar-refractivity contribution is 0.0338. The Labute approximate surface area is 203 Å². The molecule has 6 nitrogen and oxygen atoms in total. The minimum absolute atomic E-state index is 0.348. The van der Waals surface area contributed by atoms with Gasteiger partial charge in [-0.15, -0.1) is 0 Å². The smallest absolute Gasteiger partial charge is 0.120 e. The molecule has 2 aromatic rings. The lowest BCUT2D eigenvalue weighted by Gasteiger charge is -2.27. The zero-order valence-electron chi connectivity index (χ0n) is 20.6. The summed E-state index contributed by atoms with van der Waals surface area (Å²) in [7, 11) is 0. The molecule has 2 heterocycles. The maximum Gasteiger partial charge on any atom is 0.120 e. The fourth-order valence-corrected chi connectivity index (χ4v) is 4.98. The van der Waals surface area contributed by atoms with Gasteiger partial charge >= 0.3 is 0 Å². The summed E-state index contributed by atoms with van der Waals surface area (Å²) < 4.78 is 10.9. The fraction of sp³-hybridized carbons (Fsp3) is 0.500. The van der Waals surface area contributed by atoms with Gasteiger partial charge in [-0.2, -0.15) is 0 Å². The number of benzene rings is 2. The lowest BCUT2D eigenvalue weighted by Crippen LogP contribution is -2.35. The highest BCUT2D eigenvalue weighted by Gasteiger charge is 2.17. The Hall–Kier alpha value is -2.38. The maximum absolute atomic E-state index is 10.5. The number of rotatable bonds is 8. The first kappa shape index (κ1) is 24.7. The highest BCUT2D eigenvalue weighted by molar-refractivity contribution is 5.91. The van der Waals surface area contributed by atoms with Crippen LogP contribution >= 0.6 is 0 Å². The van der Waals surface area contributed by atoms with Crippen molar-refractivity contribution in [2.45, 2.75) is 39.8 Å². The quantitative estimate of drug-likeness (QED) is 0.559. The predicted octanol–water partition coefficient (Wildman–Crippen LogP) is 4.49. The molecule has 2 aromatic carbocycles. The summed E-state index contributed by atoms with van der Waals surface area (Å²) in [4.78, 5) is 4.66. The maximum atomic E-state index is 10.5. The summed E-state index contributed by atoms with van der Waals surface area (Å²) in [6, 6.07) is 12.0. The SMILES string of the molecule is CC/C(=C(\CC)c1ccc(O)c(CN2CCOCC2)c1)c1ccc(O)c(CN2CCOCC2)c1. The first-order valence-corrected chi connectivity index (χ1v) is 12.6. The van der Waals surface area contributed by atoms with E-state index in [1.54, 1.807) is 0 Å². The second kappa shape index (κ2) is 11.8. The molecule has 0 amide bonds. The van der Waals surface area contributed by atoms with Crippen LogP contribution in [0.2, 0.25) is 0 Å². The Morgan fingerprint density at radius 1 is 0.676 bits per heavy atom. The van der Waals surface area contributed by atoms with E-state index in [-0.39, 0.29) is 0 Å². The van der Waals surface area contributed by atoms with E-state index in [0.29, 0.717) is 11.5 Å². The Bertz CT molecular complexity index is 912. The third-order valence-electron chi connectivity index (χ3n) is 6.92. The molecule has 184 valence electrons. The number of nitrogens with zero attached hydrogens (tertiary/aromatic N) is 2. The molecule has 0 aromatic heterocycles. The van der Waals surface area contributed by atoms with Gasteiger partial charge in [0.2, 0.25) is 0 Å². The van der Waals surface area contributed by atoms with E-state index in [9.17, 15) is 10.2 Å². The molecule has 6 heteroatoms. The average molecular weight is 467 g/mol. The number of phenols is 2. The van der Waals surface area contributed by atoms with Crippen LogP contribution in [0.3, 0.4) is 0 Å². The van der Waals surface area contributed by atoms with Gasteiger partial charge in [-0.3, -0.25) is 9.80 Å². The molecule has 4 rings (SSSR count). The van der Waals surface area contributed by atoms with E-state index >= 15 is 0 Å². The molecule has 0 saturated carbocycles. The molecule has 0 unspecified atom stereocenters. The molecular formula is C28H38N2O4. The summed E-state index contributed by atoms with van der Waals surface area (Å²) in [6.45, 7) is 12.4. The van der Waals surface area contributed by atoms with Gasteiger partial charge in [0.25, 0.3) is 0 Å².